The topological polar surface area (TPSA) is 69.4 Å². The Kier molecular flexibility index (Phi) is 5.02. The zero-order chi connectivity index (χ0) is 15.4. The number of ether oxygens (including phenoxy) is 1. The Hall–Kier alpha value is -1.81. The molecule has 21 heavy (non-hydrogen) atoms. The van der Waals surface area contributed by atoms with Gasteiger partial charge < -0.3 is 10.5 Å². The van der Waals surface area contributed by atoms with Crippen molar-refractivity contribution >= 4 is 29.1 Å². The van der Waals surface area contributed by atoms with E-state index in [-0.39, 0.29) is 24.1 Å². The fraction of sp³-hybridized carbons (Fsp3) is 0.375. The Morgan fingerprint density at radius 1 is 1.33 bits per heavy atom. The van der Waals surface area contributed by atoms with Gasteiger partial charge in [-0.05, 0) is 37.0 Å². The minimum Gasteiger partial charge on any atom is -0.469 e. The lowest BCUT2D eigenvalue weighted by molar-refractivity contribution is -0.146. The zero-order valence-electron chi connectivity index (χ0n) is 11.9. The first-order valence-corrected chi connectivity index (χ1v) is 7.26. The number of methoxy groups -OCH3 is 1. The molecule has 0 radical (unpaired) electrons. The van der Waals surface area contributed by atoms with E-state index in [0.29, 0.717) is 29.1 Å². The van der Waals surface area contributed by atoms with Crippen molar-refractivity contribution in [1.29, 1.82) is 0 Å². The molecule has 0 bridgehead atoms. The number of hydrogen-bond acceptors (Lipinski definition) is 4. The Bertz CT molecular complexity index is 578. The molecule has 0 aliphatic heterocycles. The molecule has 1 aliphatic carbocycles. The number of rotatable bonds is 2. The molecule has 5 heteroatoms. The summed E-state index contributed by atoms with van der Waals surface area (Å²) in [6.07, 6.45) is 2.14. The van der Waals surface area contributed by atoms with Crippen LogP contribution in [0.2, 0.25) is 5.02 Å². The number of hydrogen-bond donors (Lipinski definition) is 1. The second-order valence-electron chi connectivity index (χ2n) is 5.14. The molecular weight excluding hydrogens is 290 g/mol. The van der Waals surface area contributed by atoms with Crippen molar-refractivity contribution in [3.8, 4) is 0 Å². The third kappa shape index (κ3) is 3.64. The number of benzene rings is 1. The second kappa shape index (κ2) is 6.76. The Morgan fingerprint density at radius 2 is 2.00 bits per heavy atom. The van der Waals surface area contributed by atoms with Crippen LogP contribution in [0.4, 0.5) is 0 Å². The van der Waals surface area contributed by atoms with Crippen molar-refractivity contribution in [2.24, 2.45) is 11.7 Å². The zero-order valence-corrected chi connectivity index (χ0v) is 12.7. The molecule has 1 atom stereocenters. The third-order valence-electron chi connectivity index (χ3n) is 3.76. The van der Waals surface area contributed by atoms with E-state index in [1.807, 2.05) is 0 Å². The van der Waals surface area contributed by atoms with E-state index in [0.717, 1.165) is 12.0 Å². The first kappa shape index (κ1) is 15.6. The maximum absolute atomic E-state index is 12.4. The minimum absolute atomic E-state index is 0.0737. The predicted octanol–water partition coefficient (Wildman–Crippen LogP) is 2.94. The predicted molar refractivity (Wildman–Crippen MR) is 81.5 cm³/mol. The first-order valence-electron chi connectivity index (χ1n) is 6.88. The minimum atomic E-state index is -0.363. The van der Waals surface area contributed by atoms with Gasteiger partial charge in [-0.15, -0.1) is 0 Å². The number of allylic oxidation sites excluding steroid dienone is 1. The molecule has 1 aliphatic rings. The molecule has 1 aromatic rings. The van der Waals surface area contributed by atoms with Crippen LogP contribution in [0.15, 0.2) is 29.8 Å². The number of halogens is 1. The number of nitrogens with two attached hydrogens (primary N) is 1. The molecule has 1 fully saturated rings. The van der Waals surface area contributed by atoms with Gasteiger partial charge in [0.1, 0.15) is 0 Å². The number of ketones is 1. The number of carbonyl (C=O) groups is 2. The third-order valence-corrected chi connectivity index (χ3v) is 4.01. The van der Waals surface area contributed by atoms with Gasteiger partial charge >= 0.3 is 5.97 Å². The summed E-state index contributed by atoms with van der Waals surface area (Å²) in [6.45, 7) is 0. The van der Waals surface area contributed by atoms with Crippen molar-refractivity contribution in [1.82, 2.24) is 0 Å². The largest absolute Gasteiger partial charge is 0.469 e. The van der Waals surface area contributed by atoms with Crippen LogP contribution in [-0.2, 0) is 14.3 Å². The molecule has 2 rings (SSSR count). The van der Waals surface area contributed by atoms with Crippen LogP contribution in [-0.4, -0.2) is 18.9 Å². The highest BCUT2D eigenvalue weighted by atomic mass is 35.5. The maximum atomic E-state index is 12.4. The van der Waals surface area contributed by atoms with Crippen LogP contribution < -0.4 is 5.73 Å². The summed E-state index contributed by atoms with van der Waals surface area (Å²) in [5, 5.41) is 0.620. The fourth-order valence-corrected chi connectivity index (χ4v) is 2.70. The summed E-state index contributed by atoms with van der Waals surface area (Å²) < 4.78 is 4.73. The Morgan fingerprint density at radius 3 is 2.62 bits per heavy atom. The van der Waals surface area contributed by atoms with Crippen molar-refractivity contribution in [3.63, 3.8) is 0 Å². The van der Waals surface area contributed by atoms with Crippen molar-refractivity contribution < 1.29 is 14.3 Å². The highest BCUT2D eigenvalue weighted by molar-refractivity contribution is 6.30. The van der Waals surface area contributed by atoms with E-state index >= 15 is 0 Å². The quantitative estimate of drug-likeness (QED) is 0.518. The molecule has 0 spiro atoms. The molecular formula is C16H18ClNO3. The summed E-state index contributed by atoms with van der Waals surface area (Å²) in [5.41, 5.74) is 7.99. The lowest BCUT2D eigenvalue weighted by atomic mass is 9.97. The average Bonchev–Trinajstić information content (AvgIpc) is 2.68. The number of esters is 1. The Balaban J connectivity index is 2.26. The lowest BCUT2D eigenvalue weighted by Gasteiger charge is -2.10. The molecule has 2 N–H and O–H groups in total. The summed E-state index contributed by atoms with van der Waals surface area (Å²) in [4.78, 5) is 24.0. The van der Waals surface area contributed by atoms with Crippen molar-refractivity contribution in [2.45, 2.75) is 25.7 Å². The van der Waals surface area contributed by atoms with E-state index in [1.54, 1.807) is 24.3 Å². The van der Waals surface area contributed by atoms with Crippen LogP contribution >= 0.6 is 11.6 Å². The van der Waals surface area contributed by atoms with Gasteiger partial charge in [-0.1, -0.05) is 23.7 Å². The van der Waals surface area contributed by atoms with Gasteiger partial charge in [0.05, 0.1) is 13.0 Å². The molecule has 1 unspecified atom stereocenters. The van der Waals surface area contributed by atoms with E-state index in [9.17, 15) is 9.59 Å². The number of carbonyl (C=O) groups excluding carboxylic acids is 2. The standard InChI is InChI=1S/C16H18ClNO3/c1-21-16(20)11-3-2-4-13(14(19)9-11)15(18)10-5-7-12(17)8-6-10/h5-8,11H,2-4,9,18H2,1H3/b15-13-. The van der Waals surface area contributed by atoms with Gasteiger partial charge in [-0.2, -0.15) is 0 Å². The van der Waals surface area contributed by atoms with E-state index in [2.05, 4.69) is 0 Å². The smallest absolute Gasteiger partial charge is 0.309 e. The van der Waals surface area contributed by atoms with Gasteiger partial charge in [-0.25, -0.2) is 0 Å². The van der Waals surface area contributed by atoms with Crippen LogP contribution in [0.3, 0.4) is 0 Å². The molecule has 1 saturated carbocycles. The van der Waals surface area contributed by atoms with Gasteiger partial charge in [0.2, 0.25) is 0 Å². The van der Waals surface area contributed by atoms with E-state index < -0.39 is 0 Å². The lowest BCUT2D eigenvalue weighted by Crippen LogP contribution is -2.19. The van der Waals surface area contributed by atoms with Crippen LogP contribution in [0.5, 0.6) is 0 Å². The maximum Gasteiger partial charge on any atom is 0.309 e. The molecule has 4 nitrogen and oxygen atoms in total. The van der Waals surface area contributed by atoms with Gasteiger partial charge in [0.25, 0.3) is 0 Å². The summed E-state index contributed by atoms with van der Waals surface area (Å²) in [6, 6.07) is 7.06. The molecule has 0 amide bonds. The van der Waals surface area contributed by atoms with Gasteiger partial charge in [0, 0.05) is 22.7 Å². The highest BCUT2D eigenvalue weighted by Crippen LogP contribution is 2.29. The van der Waals surface area contributed by atoms with Crippen LogP contribution in [0.1, 0.15) is 31.2 Å². The summed E-state index contributed by atoms with van der Waals surface area (Å²) in [5.74, 6) is -0.761. The van der Waals surface area contributed by atoms with Crippen molar-refractivity contribution in [3.05, 3.63) is 40.4 Å². The SMILES string of the molecule is COC(=O)C1CCC/C(=C(/N)c2ccc(Cl)cc2)C(=O)C1. The highest BCUT2D eigenvalue weighted by Gasteiger charge is 2.28. The molecule has 1 aromatic carbocycles. The summed E-state index contributed by atoms with van der Waals surface area (Å²) >= 11 is 5.85. The molecule has 0 saturated heterocycles. The fourth-order valence-electron chi connectivity index (χ4n) is 2.57. The Labute approximate surface area is 128 Å². The molecule has 112 valence electrons. The summed E-state index contributed by atoms with van der Waals surface area (Å²) in [7, 11) is 1.34. The van der Waals surface area contributed by atoms with Gasteiger partial charge in [0.15, 0.2) is 5.78 Å². The van der Waals surface area contributed by atoms with Gasteiger partial charge in [-0.3, -0.25) is 9.59 Å². The normalized spacial score (nSPS) is 21.6. The van der Waals surface area contributed by atoms with Crippen LogP contribution in [0.25, 0.3) is 5.70 Å². The molecule has 0 heterocycles. The monoisotopic (exact) mass is 307 g/mol. The van der Waals surface area contributed by atoms with E-state index in [1.165, 1.54) is 7.11 Å². The first-order chi connectivity index (χ1) is 10.0. The van der Waals surface area contributed by atoms with E-state index in [4.69, 9.17) is 22.1 Å². The average molecular weight is 308 g/mol. The number of Topliss-reactive ketones (excluding diaryl/α,β-unsaturated/α-hetero) is 1. The molecule has 0 aromatic heterocycles. The van der Waals surface area contributed by atoms with Crippen LogP contribution in [0, 0.1) is 5.92 Å². The second-order valence-corrected chi connectivity index (χ2v) is 5.58. The van der Waals surface area contributed by atoms with Crippen molar-refractivity contribution in [2.75, 3.05) is 7.11 Å².